The molecule has 0 aliphatic heterocycles. The third-order valence-corrected chi connectivity index (χ3v) is 4.25. The molecular weight excluding hydrogens is 310 g/mol. The third-order valence-electron chi connectivity index (χ3n) is 4.25. The molecule has 0 amide bonds. The molecule has 0 aliphatic rings. The van der Waals surface area contributed by atoms with Crippen LogP contribution < -0.4 is 5.32 Å². The first-order valence-electron chi connectivity index (χ1n) is 8.82. The van der Waals surface area contributed by atoms with Crippen molar-refractivity contribution < 1.29 is 4.42 Å². The first-order valence-corrected chi connectivity index (χ1v) is 8.82. The average molecular weight is 333 g/mol. The SMILES string of the molecule is CC(C)CCCCNc1oc(-c2cccc3ccccc23)nc1C#N. The van der Waals surface area contributed by atoms with Gasteiger partial charge in [0, 0.05) is 12.1 Å². The highest BCUT2D eigenvalue weighted by Gasteiger charge is 2.15. The van der Waals surface area contributed by atoms with Crippen molar-refractivity contribution in [1.82, 2.24) is 4.98 Å². The fraction of sp³-hybridized carbons (Fsp3) is 0.333. The van der Waals surface area contributed by atoms with Crippen molar-refractivity contribution in [2.24, 2.45) is 5.92 Å². The minimum Gasteiger partial charge on any atom is -0.419 e. The van der Waals surface area contributed by atoms with Gasteiger partial charge in [-0.25, -0.2) is 0 Å². The predicted octanol–water partition coefficient (Wildman–Crippen LogP) is 5.60. The number of nitrogens with zero attached hydrogens (tertiary/aromatic N) is 2. The summed E-state index contributed by atoms with van der Waals surface area (Å²) in [5, 5.41) is 14.8. The summed E-state index contributed by atoms with van der Waals surface area (Å²) in [6.45, 7) is 5.24. The lowest BCUT2D eigenvalue weighted by Gasteiger charge is -2.05. The number of hydrogen-bond acceptors (Lipinski definition) is 4. The summed E-state index contributed by atoms with van der Waals surface area (Å²) in [7, 11) is 0. The van der Waals surface area contributed by atoms with E-state index in [1.807, 2.05) is 30.3 Å². The summed E-state index contributed by atoms with van der Waals surface area (Å²) in [5.74, 6) is 1.67. The van der Waals surface area contributed by atoms with Crippen molar-refractivity contribution in [3.05, 3.63) is 48.2 Å². The number of hydrogen-bond donors (Lipinski definition) is 1. The summed E-state index contributed by atoms with van der Waals surface area (Å²) in [4.78, 5) is 4.39. The highest BCUT2D eigenvalue weighted by Crippen LogP contribution is 2.31. The monoisotopic (exact) mass is 333 g/mol. The van der Waals surface area contributed by atoms with Gasteiger partial charge in [-0.2, -0.15) is 10.2 Å². The number of nitrogens with one attached hydrogen (secondary N) is 1. The minimum absolute atomic E-state index is 0.312. The fourth-order valence-corrected chi connectivity index (χ4v) is 2.92. The van der Waals surface area contributed by atoms with Gasteiger partial charge in [0.1, 0.15) is 6.07 Å². The lowest BCUT2D eigenvalue weighted by Crippen LogP contribution is -2.02. The number of benzene rings is 2. The number of unbranched alkanes of at least 4 members (excludes halogenated alkanes) is 1. The molecule has 3 rings (SSSR count). The molecule has 3 aromatic rings. The quantitative estimate of drug-likeness (QED) is 0.571. The highest BCUT2D eigenvalue weighted by molar-refractivity contribution is 5.94. The fourth-order valence-electron chi connectivity index (χ4n) is 2.92. The zero-order valence-electron chi connectivity index (χ0n) is 14.7. The van der Waals surface area contributed by atoms with Gasteiger partial charge in [-0.1, -0.05) is 63.1 Å². The molecule has 4 nitrogen and oxygen atoms in total. The van der Waals surface area contributed by atoms with Crippen LogP contribution in [-0.4, -0.2) is 11.5 Å². The number of anilines is 1. The maximum Gasteiger partial charge on any atom is 0.232 e. The van der Waals surface area contributed by atoms with Gasteiger partial charge in [0.15, 0.2) is 0 Å². The second kappa shape index (κ2) is 7.85. The van der Waals surface area contributed by atoms with Crippen LogP contribution in [0, 0.1) is 17.2 Å². The van der Waals surface area contributed by atoms with E-state index in [-0.39, 0.29) is 0 Å². The van der Waals surface area contributed by atoms with Gasteiger partial charge in [-0.3, -0.25) is 0 Å². The van der Waals surface area contributed by atoms with Gasteiger partial charge in [-0.05, 0) is 29.2 Å². The lowest BCUT2D eigenvalue weighted by molar-refractivity contribution is 0.539. The molecule has 0 bridgehead atoms. The first-order chi connectivity index (χ1) is 12.2. The van der Waals surface area contributed by atoms with E-state index in [1.54, 1.807) is 0 Å². The van der Waals surface area contributed by atoms with Crippen molar-refractivity contribution in [2.45, 2.75) is 33.1 Å². The van der Waals surface area contributed by atoms with Crippen LogP contribution in [0.1, 0.15) is 38.8 Å². The third kappa shape index (κ3) is 4.00. The molecule has 25 heavy (non-hydrogen) atoms. The zero-order chi connectivity index (χ0) is 17.6. The van der Waals surface area contributed by atoms with Gasteiger partial charge in [0.25, 0.3) is 0 Å². The second-order valence-corrected chi connectivity index (χ2v) is 6.65. The first kappa shape index (κ1) is 17.0. The molecule has 0 unspecified atom stereocenters. The smallest absolute Gasteiger partial charge is 0.232 e. The summed E-state index contributed by atoms with van der Waals surface area (Å²) in [6, 6.07) is 16.2. The Morgan fingerprint density at radius 3 is 2.72 bits per heavy atom. The van der Waals surface area contributed by atoms with Crippen LogP contribution in [0.2, 0.25) is 0 Å². The number of nitriles is 1. The molecule has 1 aromatic heterocycles. The number of fused-ring (bicyclic) bond motifs is 1. The van der Waals surface area contributed by atoms with Gasteiger partial charge < -0.3 is 9.73 Å². The van der Waals surface area contributed by atoms with Crippen LogP contribution >= 0.6 is 0 Å². The molecule has 4 heteroatoms. The van der Waals surface area contributed by atoms with Crippen LogP contribution in [0.25, 0.3) is 22.2 Å². The van der Waals surface area contributed by atoms with Crippen molar-refractivity contribution in [3.63, 3.8) is 0 Å². The molecule has 0 spiro atoms. The van der Waals surface area contributed by atoms with E-state index in [1.165, 1.54) is 6.42 Å². The Labute approximate surface area is 148 Å². The second-order valence-electron chi connectivity index (χ2n) is 6.65. The molecule has 0 fully saturated rings. The Hall–Kier alpha value is -2.80. The minimum atomic E-state index is 0.312. The Morgan fingerprint density at radius 1 is 1.12 bits per heavy atom. The van der Waals surface area contributed by atoms with E-state index in [0.717, 1.165) is 41.6 Å². The van der Waals surface area contributed by atoms with Crippen molar-refractivity contribution >= 4 is 16.7 Å². The highest BCUT2D eigenvalue weighted by atomic mass is 16.4. The molecule has 1 N–H and O–H groups in total. The molecule has 0 atom stereocenters. The number of oxazole rings is 1. The molecule has 0 radical (unpaired) electrons. The van der Waals surface area contributed by atoms with E-state index in [4.69, 9.17) is 4.42 Å². The Bertz CT molecular complexity index is 884. The van der Waals surface area contributed by atoms with E-state index >= 15 is 0 Å². The van der Waals surface area contributed by atoms with Crippen LogP contribution in [0.15, 0.2) is 46.9 Å². The van der Waals surface area contributed by atoms with Gasteiger partial charge in [0.2, 0.25) is 17.5 Å². The Morgan fingerprint density at radius 2 is 1.92 bits per heavy atom. The van der Waals surface area contributed by atoms with Crippen LogP contribution in [-0.2, 0) is 0 Å². The molecule has 0 aliphatic carbocycles. The van der Waals surface area contributed by atoms with Crippen molar-refractivity contribution in [3.8, 4) is 17.5 Å². The van der Waals surface area contributed by atoms with Crippen LogP contribution in [0.5, 0.6) is 0 Å². The summed E-state index contributed by atoms with van der Waals surface area (Å²) in [5.41, 5.74) is 1.22. The Balaban J connectivity index is 1.79. The topological polar surface area (TPSA) is 61.9 Å². The summed E-state index contributed by atoms with van der Waals surface area (Å²) < 4.78 is 5.88. The number of aromatic nitrogens is 1. The predicted molar refractivity (Wildman–Crippen MR) is 101 cm³/mol. The van der Waals surface area contributed by atoms with E-state index < -0.39 is 0 Å². The normalized spacial score (nSPS) is 11.0. The van der Waals surface area contributed by atoms with E-state index in [9.17, 15) is 5.26 Å². The molecular formula is C21H23N3O. The van der Waals surface area contributed by atoms with Crippen molar-refractivity contribution in [2.75, 3.05) is 11.9 Å². The van der Waals surface area contributed by atoms with E-state index in [2.05, 4.69) is 42.4 Å². The molecule has 0 saturated carbocycles. The maximum atomic E-state index is 9.35. The lowest BCUT2D eigenvalue weighted by atomic mass is 10.0. The molecule has 1 heterocycles. The maximum absolute atomic E-state index is 9.35. The zero-order valence-corrected chi connectivity index (χ0v) is 14.7. The van der Waals surface area contributed by atoms with Gasteiger partial charge in [-0.15, -0.1) is 0 Å². The molecule has 2 aromatic carbocycles. The van der Waals surface area contributed by atoms with Crippen molar-refractivity contribution in [1.29, 1.82) is 5.26 Å². The molecule has 0 saturated heterocycles. The van der Waals surface area contributed by atoms with E-state index in [0.29, 0.717) is 17.5 Å². The largest absolute Gasteiger partial charge is 0.419 e. The summed E-state index contributed by atoms with van der Waals surface area (Å²) >= 11 is 0. The standard InChI is InChI=1S/C21H23N3O/c1-15(2)8-5-6-13-23-21-19(14-22)24-20(25-21)18-12-7-10-16-9-3-4-11-17(16)18/h3-4,7,9-12,15,23H,5-6,8,13H2,1-2H3. The van der Waals surface area contributed by atoms with Crippen LogP contribution in [0.4, 0.5) is 5.88 Å². The summed E-state index contributed by atoms with van der Waals surface area (Å²) in [6.07, 6.45) is 3.43. The molecule has 128 valence electrons. The van der Waals surface area contributed by atoms with Gasteiger partial charge >= 0.3 is 0 Å². The number of rotatable bonds is 7. The Kier molecular flexibility index (Phi) is 5.35. The average Bonchev–Trinajstić information content (AvgIpc) is 3.03. The van der Waals surface area contributed by atoms with Crippen LogP contribution in [0.3, 0.4) is 0 Å². The van der Waals surface area contributed by atoms with Gasteiger partial charge in [0.05, 0.1) is 0 Å².